The first-order chi connectivity index (χ1) is 7.66. The molecule has 0 unspecified atom stereocenters. The van der Waals surface area contributed by atoms with Crippen LogP contribution in [0, 0.1) is 0 Å². The number of thiocarbonyl (C=S) groups is 1. The summed E-state index contributed by atoms with van der Waals surface area (Å²) in [6.07, 6.45) is 1.50. The van der Waals surface area contributed by atoms with E-state index in [0.717, 1.165) is 0 Å². The monoisotopic (exact) mass is 257 g/mol. The average Bonchev–Trinajstić information content (AvgIpc) is 2.64. The average molecular weight is 258 g/mol. The number of rotatable bonds is 2. The van der Waals surface area contributed by atoms with Crippen LogP contribution in [0.1, 0.15) is 5.56 Å². The van der Waals surface area contributed by atoms with Crippen molar-refractivity contribution in [1.82, 2.24) is 5.43 Å². The molecule has 1 aliphatic heterocycles. The second-order valence-corrected chi connectivity index (χ2v) is 3.81. The molecular formula is C9H8ClN3O2S. The summed E-state index contributed by atoms with van der Waals surface area (Å²) in [5.74, 6) is 1.27. The standard InChI is InChI=1S/C9H8ClN3O2S/c10-6-2-8-7(14-4-15-8)1-5(6)3-12-13-9(11)16/h1-3H,4H2,(H3,11,13,16)/b12-3+. The maximum Gasteiger partial charge on any atom is 0.231 e. The number of benzene rings is 1. The third kappa shape index (κ3) is 2.34. The van der Waals surface area contributed by atoms with E-state index in [1.807, 2.05) is 0 Å². The molecule has 0 saturated heterocycles. The van der Waals surface area contributed by atoms with Gasteiger partial charge in [0.2, 0.25) is 6.79 Å². The molecule has 0 atom stereocenters. The highest BCUT2D eigenvalue weighted by Gasteiger charge is 2.15. The van der Waals surface area contributed by atoms with Crippen molar-refractivity contribution in [2.75, 3.05) is 6.79 Å². The first-order valence-corrected chi connectivity index (χ1v) is 5.13. The van der Waals surface area contributed by atoms with E-state index in [9.17, 15) is 0 Å². The van der Waals surface area contributed by atoms with E-state index in [-0.39, 0.29) is 11.9 Å². The lowest BCUT2D eigenvalue weighted by Gasteiger charge is -2.01. The predicted molar refractivity (Wildman–Crippen MR) is 65.1 cm³/mol. The minimum absolute atomic E-state index is 0.0908. The van der Waals surface area contributed by atoms with Crippen LogP contribution >= 0.6 is 23.8 Å². The van der Waals surface area contributed by atoms with Crippen molar-refractivity contribution in [1.29, 1.82) is 0 Å². The molecule has 5 nitrogen and oxygen atoms in total. The normalized spacial score (nSPS) is 13.1. The maximum absolute atomic E-state index is 6.00. The highest BCUT2D eigenvalue weighted by atomic mass is 35.5. The molecule has 1 aliphatic rings. The topological polar surface area (TPSA) is 68.9 Å². The second-order valence-electron chi connectivity index (χ2n) is 2.96. The van der Waals surface area contributed by atoms with E-state index in [0.29, 0.717) is 22.1 Å². The molecule has 2 rings (SSSR count). The highest BCUT2D eigenvalue weighted by molar-refractivity contribution is 7.80. The molecule has 0 aliphatic carbocycles. The van der Waals surface area contributed by atoms with E-state index in [1.54, 1.807) is 12.1 Å². The van der Waals surface area contributed by atoms with Crippen LogP contribution in [-0.4, -0.2) is 18.1 Å². The van der Waals surface area contributed by atoms with Crippen molar-refractivity contribution >= 4 is 35.1 Å². The molecule has 0 bridgehead atoms. The molecule has 7 heteroatoms. The molecule has 0 amide bonds. The van der Waals surface area contributed by atoms with Gasteiger partial charge in [0.15, 0.2) is 16.6 Å². The van der Waals surface area contributed by atoms with Crippen LogP contribution in [0.2, 0.25) is 5.02 Å². The van der Waals surface area contributed by atoms with Gasteiger partial charge in [-0.2, -0.15) is 5.10 Å². The summed E-state index contributed by atoms with van der Waals surface area (Å²) in [6, 6.07) is 3.40. The van der Waals surface area contributed by atoms with Gasteiger partial charge in [0.25, 0.3) is 0 Å². The lowest BCUT2D eigenvalue weighted by molar-refractivity contribution is 0.174. The fraction of sp³-hybridized carbons (Fsp3) is 0.111. The summed E-state index contributed by atoms with van der Waals surface area (Å²) in [4.78, 5) is 0. The Morgan fingerprint density at radius 3 is 2.88 bits per heavy atom. The Morgan fingerprint density at radius 2 is 2.19 bits per heavy atom. The molecular weight excluding hydrogens is 250 g/mol. The fourth-order valence-electron chi connectivity index (χ4n) is 1.20. The van der Waals surface area contributed by atoms with Crippen molar-refractivity contribution in [2.45, 2.75) is 0 Å². The Balaban J connectivity index is 2.21. The van der Waals surface area contributed by atoms with E-state index >= 15 is 0 Å². The molecule has 0 spiro atoms. The van der Waals surface area contributed by atoms with Gasteiger partial charge in [-0.05, 0) is 18.3 Å². The Morgan fingerprint density at radius 1 is 1.50 bits per heavy atom. The van der Waals surface area contributed by atoms with Crippen LogP contribution in [0.5, 0.6) is 11.5 Å². The largest absolute Gasteiger partial charge is 0.454 e. The van der Waals surface area contributed by atoms with Gasteiger partial charge >= 0.3 is 0 Å². The molecule has 1 aromatic rings. The summed E-state index contributed by atoms with van der Waals surface area (Å²) in [6.45, 7) is 0.206. The summed E-state index contributed by atoms with van der Waals surface area (Å²) in [5.41, 5.74) is 8.34. The van der Waals surface area contributed by atoms with Gasteiger partial charge in [-0.1, -0.05) is 11.6 Å². The predicted octanol–water partition coefficient (Wildman–Crippen LogP) is 1.24. The van der Waals surface area contributed by atoms with E-state index in [2.05, 4.69) is 22.7 Å². The number of nitrogens with zero attached hydrogens (tertiary/aromatic N) is 1. The van der Waals surface area contributed by atoms with Crippen molar-refractivity contribution in [3.8, 4) is 11.5 Å². The third-order valence-corrected chi connectivity index (χ3v) is 2.29. The van der Waals surface area contributed by atoms with Gasteiger partial charge in [-0.3, -0.25) is 5.43 Å². The maximum atomic E-state index is 6.00. The zero-order chi connectivity index (χ0) is 11.5. The summed E-state index contributed by atoms with van der Waals surface area (Å²) in [7, 11) is 0. The van der Waals surface area contributed by atoms with Crippen LogP contribution in [0.25, 0.3) is 0 Å². The smallest absolute Gasteiger partial charge is 0.231 e. The SMILES string of the molecule is NC(=S)N/N=C/c1cc2c(cc1Cl)OCO2. The van der Waals surface area contributed by atoms with Gasteiger partial charge in [-0.15, -0.1) is 0 Å². The number of fused-ring (bicyclic) bond motifs is 1. The fourth-order valence-corrected chi connectivity index (χ4v) is 1.45. The number of hydrogen-bond acceptors (Lipinski definition) is 4. The van der Waals surface area contributed by atoms with Crippen LogP contribution < -0.4 is 20.6 Å². The molecule has 0 saturated carbocycles. The minimum atomic E-state index is 0.0908. The van der Waals surface area contributed by atoms with Crippen LogP contribution in [0.15, 0.2) is 17.2 Å². The van der Waals surface area contributed by atoms with Crippen molar-refractivity contribution < 1.29 is 9.47 Å². The highest BCUT2D eigenvalue weighted by Crippen LogP contribution is 2.36. The minimum Gasteiger partial charge on any atom is -0.454 e. The summed E-state index contributed by atoms with van der Waals surface area (Å²) < 4.78 is 10.4. The summed E-state index contributed by atoms with van der Waals surface area (Å²) in [5, 5.41) is 4.41. The van der Waals surface area contributed by atoms with Gasteiger partial charge in [0.1, 0.15) is 0 Å². The number of nitrogens with one attached hydrogen (secondary N) is 1. The van der Waals surface area contributed by atoms with Crippen molar-refractivity contribution in [3.63, 3.8) is 0 Å². The van der Waals surface area contributed by atoms with Gasteiger partial charge < -0.3 is 15.2 Å². The number of halogens is 1. The lowest BCUT2D eigenvalue weighted by atomic mass is 10.2. The number of hydrazone groups is 1. The molecule has 84 valence electrons. The number of nitrogens with two attached hydrogens (primary N) is 1. The molecule has 3 N–H and O–H groups in total. The molecule has 1 heterocycles. The van der Waals surface area contributed by atoms with E-state index in [4.69, 9.17) is 26.8 Å². The summed E-state index contributed by atoms with van der Waals surface area (Å²) >= 11 is 10.6. The molecule has 1 aromatic carbocycles. The number of ether oxygens (including phenoxy) is 2. The van der Waals surface area contributed by atoms with Crippen molar-refractivity contribution in [2.24, 2.45) is 10.8 Å². The number of hydrogen-bond donors (Lipinski definition) is 2. The first kappa shape index (κ1) is 11.0. The zero-order valence-corrected chi connectivity index (χ0v) is 9.64. The van der Waals surface area contributed by atoms with Crippen LogP contribution in [0.4, 0.5) is 0 Å². The Labute approximate surface area is 102 Å². The van der Waals surface area contributed by atoms with Crippen LogP contribution in [-0.2, 0) is 0 Å². The molecule has 16 heavy (non-hydrogen) atoms. The zero-order valence-electron chi connectivity index (χ0n) is 8.07. The quantitative estimate of drug-likeness (QED) is 0.474. The Bertz CT molecular complexity index is 464. The lowest BCUT2D eigenvalue weighted by Crippen LogP contribution is -2.24. The molecule has 0 radical (unpaired) electrons. The Hall–Kier alpha value is -1.53. The second kappa shape index (κ2) is 4.54. The van der Waals surface area contributed by atoms with Gasteiger partial charge in [0.05, 0.1) is 11.2 Å². The Kier molecular flexibility index (Phi) is 3.12. The van der Waals surface area contributed by atoms with E-state index in [1.165, 1.54) is 6.21 Å². The van der Waals surface area contributed by atoms with Crippen molar-refractivity contribution in [3.05, 3.63) is 22.7 Å². The van der Waals surface area contributed by atoms with Gasteiger partial charge in [-0.25, -0.2) is 0 Å². The first-order valence-electron chi connectivity index (χ1n) is 4.34. The van der Waals surface area contributed by atoms with E-state index < -0.39 is 0 Å². The van der Waals surface area contributed by atoms with Gasteiger partial charge in [0, 0.05) is 11.6 Å². The molecule has 0 fully saturated rings. The molecule has 0 aromatic heterocycles. The third-order valence-electron chi connectivity index (χ3n) is 1.87. The van der Waals surface area contributed by atoms with Crippen LogP contribution in [0.3, 0.4) is 0 Å².